The molecule has 1 atom stereocenters. The van der Waals surface area contributed by atoms with Gasteiger partial charge in [0.05, 0.1) is 49.8 Å². The Balaban J connectivity index is 1.91. The van der Waals surface area contributed by atoms with Gasteiger partial charge < -0.3 is 18.9 Å². The molecule has 2 aromatic carbocycles. The van der Waals surface area contributed by atoms with Crippen LogP contribution in [0, 0.1) is 0 Å². The fraction of sp³-hybridized carbons (Fsp3) is 0.269. The normalized spacial score (nSPS) is 15.3. The highest BCUT2D eigenvalue weighted by molar-refractivity contribution is 7.07. The smallest absolute Gasteiger partial charge is 0.338 e. The molecule has 8 nitrogen and oxygen atoms in total. The monoisotopic (exact) mass is 494 g/mol. The first-order valence-electron chi connectivity index (χ1n) is 11.0. The Bertz CT molecular complexity index is 1470. The molecule has 0 amide bonds. The maximum Gasteiger partial charge on any atom is 0.338 e. The van der Waals surface area contributed by atoms with Crippen LogP contribution < -0.4 is 29.1 Å². The number of hydrogen-bond donors (Lipinski definition) is 0. The Morgan fingerprint density at radius 3 is 2.46 bits per heavy atom. The van der Waals surface area contributed by atoms with Gasteiger partial charge in [-0.05, 0) is 55.3 Å². The largest absolute Gasteiger partial charge is 0.497 e. The first kappa shape index (κ1) is 24.3. The molecule has 35 heavy (non-hydrogen) atoms. The van der Waals surface area contributed by atoms with Gasteiger partial charge >= 0.3 is 5.97 Å². The Morgan fingerprint density at radius 2 is 1.83 bits per heavy atom. The van der Waals surface area contributed by atoms with E-state index in [0.717, 1.165) is 11.1 Å². The molecule has 0 bridgehead atoms. The van der Waals surface area contributed by atoms with Crippen molar-refractivity contribution in [1.82, 2.24) is 4.57 Å². The van der Waals surface area contributed by atoms with Crippen molar-refractivity contribution in [1.29, 1.82) is 0 Å². The summed E-state index contributed by atoms with van der Waals surface area (Å²) in [6.07, 6.45) is 1.79. The number of methoxy groups -OCH3 is 3. The maximum absolute atomic E-state index is 13.6. The number of fused-ring (bicyclic) bond motifs is 1. The molecule has 1 aliphatic rings. The summed E-state index contributed by atoms with van der Waals surface area (Å²) in [6, 6.07) is 12.1. The van der Waals surface area contributed by atoms with E-state index in [9.17, 15) is 9.59 Å². The minimum Gasteiger partial charge on any atom is -0.497 e. The molecule has 0 aliphatic carbocycles. The summed E-state index contributed by atoms with van der Waals surface area (Å²) in [6.45, 7) is 4.13. The van der Waals surface area contributed by atoms with E-state index in [1.165, 1.54) is 18.4 Å². The highest BCUT2D eigenvalue weighted by Crippen LogP contribution is 2.32. The minimum atomic E-state index is -0.679. The van der Waals surface area contributed by atoms with E-state index < -0.39 is 12.0 Å². The van der Waals surface area contributed by atoms with Crippen molar-refractivity contribution >= 4 is 23.4 Å². The van der Waals surface area contributed by atoms with Crippen LogP contribution >= 0.6 is 11.3 Å². The van der Waals surface area contributed by atoms with E-state index >= 15 is 0 Å². The lowest BCUT2D eigenvalue weighted by molar-refractivity contribution is -0.136. The second-order valence-electron chi connectivity index (χ2n) is 7.69. The van der Waals surface area contributed by atoms with Crippen LogP contribution in [0.1, 0.15) is 31.0 Å². The Morgan fingerprint density at radius 1 is 1.09 bits per heavy atom. The molecular weight excluding hydrogens is 468 g/mol. The van der Waals surface area contributed by atoms with Crippen molar-refractivity contribution in [2.24, 2.45) is 4.99 Å². The molecule has 9 heteroatoms. The first-order valence-corrected chi connectivity index (χ1v) is 11.8. The van der Waals surface area contributed by atoms with Crippen LogP contribution in [0.15, 0.2) is 63.5 Å². The highest BCUT2D eigenvalue weighted by Gasteiger charge is 2.33. The highest BCUT2D eigenvalue weighted by atomic mass is 32.1. The molecule has 0 radical (unpaired) electrons. The van der Waals surface area contributed by atoms with Crippen LogP contribution in [0.5, 0.6) is 17.2 Å². The lowest BCUT2D eigenvalue weighted by atomic mass is 9.96. The number of ether oxygens (including phenoxy) is 4. The summed E-state index contributed by atoms with van der Waals surface area (Å²) in [4.78, 5) is 31.5. The predicted molar refractivity (Wildman–Crippen MR) is 133 cm³/mol. The molecular formula is C26H26N2O6S. The van der Waals surface area contributed by atoms with Crippen molar-refractivity contribution in [3.05, 3.63) is 84.5 Å². The van der Waals surface area contributed by atoms with Gasteiger partial charge in [0.25, 0.3) is 5.56 Å². The van der Waals surface area contributed by atoms with Crippen LogP contribution in [-0.4, -0.2) is 38.5 Å². The van der Waals surface area contributed by atoms with Crippen molar-refractivity contribution < 1.29 is 23.7 Å². The van der Waals surface area contributed by atoms with Gasteiger partial charge in [0.1, 0.15) is 5.75 Å². The zero-order chi connectivity index (χ0) is 25.1. The molecule has 0 saturated heterocycles. The Hall–Kier alpha value is -3.85. The molecule has 1 aliphatic heterocycles. The summed E-state index contributed by atoms with van der Waals surface area (Å²) in [5.41, 5.74) is 2.10. The van der Waals surface area contributed by atoms with Crippen molar-refractivity contribution in [3.8, 4) is 17.2 Å². The van der Waals surface area contributed by atoms with Crippen LogP contribution in [0.3, 0.4) is 0 Å². The number of esters is 1. The third-order valence-corrected chi connectivity index (χ3v) is 6.63. The van der Waals surface area contributed by atoms with E-state index in [2.05, 4.69) is 4.99 Å². The van der Waals surface area contributed by atoms with Gasteiger partial charge in [-0.15, -0.1) is 0 Å². The van der Waals surface area contributed by atoms with Crippen molar-refractivity contribution in [2.75, 3.05) is 27.9 Å². The fourth-order valence-electron chi connectivity index (χ4n) is 4.00. The van der Waals surface area contributed by atoms with Gasteiger partial charge in [0.15, 0.2) is 16.3 Å². The Kier molecular flexibility index (Phi) is 7.07. The first-order chi connectivity index (χ1) is 16.9. The molecule has 4 rings (SSSR count). The molecule has 182 valence electrons. The van der Waals surface area contributed by atoms with E-state index in [0.29, 0.717) is 44.5 Å². The van der Waals surface area contributed by atoms with Gasteiger partial charge in [-0.25, -0.2) is 9.79 Å². The van der Waals surface area contributed by atoms with Crippen LogP contribution in [0.2, 0.25) is 0 Å². The summed E-state index contributed by atoms with van der Waals surface area (Å²) < 4.78 is 23.4. The molecule has 0 spiro atoms. The standard InChI is InChI=1S/C26H26N2O6S/c1-6-34-20-13-16(7-12-19(20)32-4)14-21-24(29)28-23(17-8-10-18(31-3)11-9-17)22(25(30)33-5)15(2)27-26(28)35-21/h7-14,23H,6H2,1-5H3/b21-14-/t23-/m0/s1. The molecule has 0 N–H and O–H groups in total. The summed E-state index contributed by atoms with van der Waals surface area (Å²) in [7, 11) is 4.48. The summed E-state index contributed by atoms with van der Waals surface area (Å²) in [5.74, 6) is 1.35. The van der Waals surface area contributed by atoms with Gasteiger partial charge in [0, 0.05) is 0 Å². The molecule has 0 unspecified atom stereocenters. The maximum atomic E-state index is 13.6. The van der Waals surface area contributed by atoms with E-state index in [-0.39, 0.29) is 5.56 Å². The quantitative estimate of drug-likeness (QED) is 0.470. The number of hydrogen-bond acceptors (Lipinski definition) is 8. The van der Waals surface area contributed by atoms with Crippen molar-refractivity contribution in [2.45, 2.75) is 19.9 Å². The Labute approximate surface area is 206 Å². The number of carbonyl (C=O) groups excluding carboxylic acids is 1. The molecule has 1 aromatic heterocycles. The number of allylic oxidation sites excluding steroid dienone is 1. The van der Waals surface area contributed by atoms with Gasteiger partial charge in [-0.1, -0.05) is 29.5 Å². The summed E-state index contributed by atoms with van der Waals surface area (Å²) >= 11 is 1.26. The topological polar surface area (TPSA) is 88.4 Å². The third-order valence-electron chi connectivity index (χ3n) is 5.64. The SMILES string of the molecule is CCOc1cc(/C=c2\sc3n(c2=O)[C@@H](c2ccc(OC)cc2)C(C(=O)OC)=C(C)N=3)ccc1OC. The average Bonchev–Trinajstić information content (AvgIpc) is 3.17. The third kappa shape index (κ3) is 4.59. The number of thiazole rings is 1. The lowest BCUT2D eigenvalue weighted by Gasteiger charge is -2.24. The van der Waals surface area contributed by atoms with Gasteiger partial charge in [-0.3, -0.25) is 9.36 Å². The van der Waals surface area contributed by atoms with Gasteiger partial charge in [0.2, 0.25) is 0 Å². The summed E-state index contributed by atoms with van der Waals surface area (Å²) in [5, 5.41) is 0. The minimum absolute atomic E-state index is 0.253. The van der Waals surface area contributed by atoms with E-state index in [4.69, 9.17) is 18.9 Å². The van der Waals surface area contributed by atoms with Crippen molar-refractivity contribution in [3.63, 3.8) is 0 Å². The lowest BCUT2D eigenvalue weighted by Crippen LogP contribution is -2.39. The number of aromatic nitrogens is 1. The number of benzene rings is 2. The van der Waals surface area contributed by atoms with E-state index in [1.807, 2.05) is 31.2 Å². The number of carbonyl (C=O) groups is 1. The van der Waals surface area contributed by atoms with Crippen LogP contribution in [0.25, 0.3) is 6.08 Å². The second-order valence-corrected chi connectivity index (χ2v) is 8.70. The number of nitrogens with zero attached hydrogens (tertiary/aromatic N) is 2. The van der Waals surface area contributed by atoms with E-state index in [1.54, 1.807) is 50.0 Å². The average molecular weight is 495 g/mol. The zero-order valence-electron chi connectivity index (χ0n) is 20.2. The van der Waals surface area contributed by atoms with Crippen LogP contribution in [0.4, 0.5) is 0 Å². The molecule has 0 fully saturated rings. The zero-order valence-corrected chi connectivity index (χ0v) is 21.0. The molecule has 0 saturated carbocycles. The van der Waals surface area contributed by atoms with Crippen LogP contribution in [-0.2, 0) is 9.53 Å². The fourth-order valence-corrected chi connectivity index (χ4v) is 5.04. The molecule has 3 aromatic rings. The van der Waals surface area contributed by atoms with Gasteiger partial charge in [-0.2, -0.15) is 0 Å². The second kappa shape index (κ2) is 10.2. The predicted octanol–water partition coefficient (Wildman–Crippen LogP) is 2.82. The number of rotatable bonds is 7. The molecule has 2 heterocycles.